The lowest BCUT2D eigenvalue weighted by molar-refractivity contribution is -0.116. The van der Waals surface area contributed by atoms with Crippen molar-refractivity contribution in [3.05, 3.63) is 10.6 Å². The van der Waals surface area contributed by atoms with Crippen molar-refractivity contribution in [1.29, 1.82) is 0 Å². The average Bonchev–Trinajstić information content (AvgIpc) is 2.84. The molecular weight excluding hydrogens is 272 g/mol. The number of fused-ring (bicyclic) bond motifs is 1. The van der Waals surface area contributed by atoms with Gasteiger partial charge in [-0.2, -0.15) is 0 Å². The van der Waals surface area contributed by atoms with Crippen LogP contribution < -0.4 is 5.32 Å². The van der Waals surface area contributed by atoms with Crippen LogP contribution in [-0.4, -0.2) is 24.1 Å². The van der Waals surface area contributed by atoms with Gasteiger partial charge in [0.15, 0.2) is 5.13 Å². The molecule has 1 atom stereocenters. The molecule has 5 heteroatoms. The number of thiazole rings is 1. The fourth-order valence-electron chi connectivity index (χ4n) is 2.51. The zero-order chi connectivity index (χ0) is 14.4. The van der Waals surface area contributed by atoms with Crippen LogP contribution in [0.3, 0.4) is 0 Å². The molecular formula is C15H24N2O2S. The molecule has 0 aliphatic heterocycles. The second-order valence-electron chi connectivity index (χ2n) is 5.25. The Labute approximate surface area is 124 Å². The molecule has 0 aromatic carbocycles. The predicted molar refractivity (Wildman–Crippen MR) is 82.3 cm³/mol. The second-order valence-corrected chi connectivity index (χ2v) is 6.34. The third kappa shape index (κ3) is 4.28. The minimum Gasteiger partial charge on any atom is -0.382 e. The Hall–Kier alpha value is -0.940. The van der Waals surface area contributed by atoms with E-state index < -0.39 is 0 Å². The van der Waals surface area contributed by atoms with Crippen LogP contribution in [0.2, 0.25) is 0 Å². The van der Waals surface area contributed by atoms with Gasteiger partial charge in [-0.3, -0.25) is 4.79 Å². The molecule has 1 aliphatic carbocycles. The molecule has 1 N–H and O–H groups in total. The summed E-state index contributed by atoms with van der Waals surface area (Å²) in [7, 11) is 0. The first kappa shape index (κ1) is 15.4. The first-order valence-corrected chi connectivity index (χ1v) is 8.40. The van der Waals surface area contributed by atoms with Crippen molar-refractivity contribution in [3.63, 3.8) is 0 Å². The van der Waals surface area contributed by atoms with Gasteiger partial charge in [0.05, 0.1) is 5.69 Å². The van der Waals surface area contributed by atoms with E-state index in [1.165, 1.54) is 23.4 Å². The molecule has 2 rings (SSSR count). The molecule has 0 saturated carbocycles. The maximum absolute atomic E-state index is 11.8. The zero-order valence-corrected chi connectivity index (χ0v) is 13.2. The van der Waals surface area contributed by atoms with Crippen molar-refractivity contribution in [2.45, 2.75) is 52.4 Å². The molecule has 0 bridgehead atoms. The van der Waals surface area contributed by atoms with Crippen LogP contribution in [0.25, 0.3) is 0 Å². The van der Waals surface area contributed by atoms with Crippen molar-refractivity contribution < 1.29 is 9.53 Å². The van der Waals surface area contributed by atoms with Gasteiger partial charge in [0.1, 0.15) is 0 Å². The summed E-state index contributed by atoms with van der Waals surface area (Å²) < 4.78 is 5.23. The third-order valence-corrected chi connectivity index (χ3v) is 4.80. The van der Waals surface area contributed by atoms with Crippen molar-refractivity contribution in [1.82, 2.24) is 4.98 Å². The zero-order valence-electron chi connectivity index (χ0n) is 12.4. The Bertz CT molecular complexity index is 445. The van der Waals surface area contributed by atoms with Gasteiger partial charge in [0.25, 0.3) is 0 Å². The fourth-order valence-corrected chi connectivity index (χ4v) is 3.64. The Kier molecular flexibility index (Phi) is 5.98. The molecule has 1 amide bonds. The monoisotopic (exact) mass is 296 g/mol. The predicted octanol–water partition coefficient (Wildman–Crippen LogP) is 3.41. The molecule has 1 aromatic rings. The molecule has 1 unspecified atom stereocenters. The highest BCUT2D eigenvalue weighted by molar-refractivity contribution is 7.15. The summed E-state index contributed by atoms with van der Waals surface area (Å²) in [5.74, 6) is 0.834. The van der Waals surface area contributed by atoms with Gasteiger partial charge in [-0.1, -0.05) is 13.3 Å². The largest absolute Gasteiger partial charge is 0.382 e. The Morgan fingerprint density at radius 1 is 1.50 bits per heavy atom. The van der Waals surface area contributed by atoms with E-state index >= 15 is 0 Å². The van der Waals surface area contributed by atoms with Gasteiger partial charge in [-0.05, 0) is 38.5 Å². The Morgan fingerprint density at radius 3 is 3.10 bits per heavy atom. The molecule has 20 heavy (non-hydrogen) atoms. The number of rotatable bonds is 7. The minimum atomic E-state index is 0.0443. The quantitative estimate of drug-likeness (QED) is 0.784. The summed E-state index contributed by atoms with van der Waals surface area (Å²) in [6, 6.07) is 0. The maximum atomic E-state index is 11.8. The summed E-state index contributed by atoms with van der Waals surface area (Å²) in [5, 5.41) is 3.69. The SMILES string of the molecule is CCOCCCC(=O)Nc1nc2c(s1)CC(CC)CC2. The highest BCUT2D eigenvalue weighted by Gasteiger charge is 2.21. The summed E-state index contributed by atoms with van der Waals surface area (Å²) in [5.41, 5.74) is 1.20. The number of hydrogen-bond donors (Lipinski definition) is 1. The average molecular weight is 296 g/mol. The number of ether oxygens (including phenoxy) is 1. The fraction of sp³-hybridized carbons (Fsp3) is 0.733. The van der Waals surface area contributed by atoms with Gasteiger partial charge in [-0.15, -0.1) is 11.3 Å². The molecule has 0 radical (unpaired) electrons. The smallest absolute Gasteiger partial charge is 0.226 e. The minimum absolute atomic E-state index is 0.0443. The Morgan fingerprint density at radius 2 is 2.35 bits per heavy atom. The number of aromatic nitrogens is 1. The standard InChI is InChI=1S/C15H24N2O2S/c1-3-11-7-8-12-13(10-11)20-15(16-12)17-14(18)6-5-9-19-4-2/h11H,3-10H2,1-2H3,(H,16,17,18). The number of nitrogens with zero attached hydrogens (tertiary/aromatic N) is 1. The molecule has 1 heterocycles. The molecule has 1 aliphatic rings. The van der Waals surface area contributed by atoms with Crippen LogP contribution in [0.15, 0.2) is 0 Å². The van der Waals surface area contributed by atoms with Gasteiger partial charge < -0.3 is 10.1 Å². The van der Waals surface area contributed by atoms with E-state index in [0.29, 0.717) is 19.6 Å². The normalized spacial score (nSPS) is 17.8. The van der Waals surface area contributed by atoms with Crippen LogP contribution in [0, 0.1) is 5.92 Å². The number of carbonyl (C=O) groups is 1. The molecule has 1 aromatic heterocycles. The first-order valence-electron chi connectivity index (χ1n) is 7.59. The van der Waals surface area contributed by atoms with Crippen LogP contribution in [-0.2, 0) is 22.4 Å². The summed E-state index contributed by atoms with van der Waals surface area (Å²) in [4.78, 5) is 17.7. The highest BCUT2D eigenvalue weighted by atomic mass is 32.1. The van der Waals surface area contributed by atoms with Crippen molar-refractivity contribution in [2.24, 2.45) is 5.92 Å². The van der Waals surface area contributed by atoms with Crippen LogP contribution >= 0.6 is 11.3 Å². The van der Waals surface area contributed by atoms with E-state index in [2.05, 4.69) is 17.2 Å². The van der Waals surface area contributed by atoms with E-state index in [1.54, 1.807) is 11.3 Å². The Balaban J connectivity index is 1.82. The number of carbonyl (C=O) groups excluding carboxylic acids is 1. The van der Waals surface area contributed by atoms with Gasteiger partial charge in [0, 0.05) is 24.5 Å². The summed E-state index contributed by atoms with van der Waals surface area (Å²) in [6.07, 6.45) is 5.92. The van der Waals surface area contributed by atoms with Gasteiger partial charge in [-0.25, -0.2) is 4.98 Å². The van der Waals surface area contributed by atoms with Crippen molar-refractivity contribution in [2.75, 3.05) is 18.5 Å². The van der Waals surface area contributed by atoms with Gasteiger partial charge >= 0.3 is 0 Å². The molecule has 4 nitrogen and oxygen atoms in total. The van der Waals surface area contributed by atoms with E-state index in [9.17, 15) is 4.79 Å². The van der Waals surface area contributed by atoms with E-state index in [0.717, 1.165) is 30.3 Å². The third-order valence-electron chi connectivity index (χ3n) is 3.76. The summed E-state index contributed by atoms with van der Waals surface area (Å²) in [6.45, 7) is 5.57. The van der Waals surface area contributed by atoms with Crippen LogP contribution in [0.4, 0.5) is 5.13 Å². The van der Waals surface area contributed by atoms with E-state index in [-0.39, 0.29) is 5.91 Å². The van der Waals surface area contributed by atoms with Crippen LogP contribution in [0.5, 0.6) is 0 Å². The lowest BCUT2D eigenvalue weighted by Gasteiger charge is -2.18. The van der Waals surface area contributed by atoms with Gasteiger partial charge in [0.2, 0.25) is 5.91 Å². The lowest BCUT2D eigenvalue weighted by Crippen LogP contribution is -2.12. The number of anilines is 1. The van der Waals surface area contributed by atoms with E-state index in [1.807, 2.05) is 6.92 Å². The summed E-state index contributed by atoms with van der Waals surface area (Å²) >= 11 is 1.65. The van der Waals surface area contributed by atoms with Crippen LogP contribution in [0.1, 0.15) is 50.1 Å². The second kappa shape index (κ2) is 7.74. The lowest BCUT2D eigenvalue weighted by atomic mass is 9.89. The maximum Gasteiger partial charge on any atom is 0.226 e. The van der Waals surface area contributed by atoms with Crippen molar-refractivity contribution >= 4 is 22.4 Å². The molecule has 0 fully saturated rings. The highest BCUT2D eigenvalue weighted by Crippen LogP contribution is 2.33. The molecule has 0 spiro atoms. The number of hydrogen-bond acceptors (Lipinski definition) is 4. The molecule has 112 valence electrons. The number of nitrogens with one attached hydrogen (secondary N) is 1. The topological polar surface area (TPSA) is 51.2 Å². The number of amides is 1. The first-order chi connectivity index (χ1) is 9.72. The van der Waals surface area contributed by atoms with Crippen molar-refractivity contribution in [3.8, 4) is 0 Å². The molecule has 0 saturated heterocycles. The van der Waals surface area contributed by atoms with E-state index in [4.69, 9.17) is 4.74 Å². The number of aryl methyl sites for hydroxylation is 1.